The van der Waals surface area contributed by atoms with Crippen molar-refractivity contribution in [2.75, 3.05) is 5.32 Å². The van der Waals surface area contributed by atoms with E-state index in [9.17, 15) is 9.59 Å². The molecule has 0 saturated carbocycles. The number of H-pyrrole nitrogens is 2. The number of Topliss-reactive ketones (excluding diaryl/α,β-unsaturated/α-hetero) is 1. The molecule has 3 N–H and O–H groups in total. The molecule has 0 aliphatic carbocycles. The van der Waals surface area contributed by atoms with Crippen molar-refractivity contribution in [1.82, 2.24) is 25.1 Å². The van der Waals surface area contributed by atoms with Crippen LogP contribution < -0.4 is 5.32 Å². The van der Waals surface area contributed by atoms with Crippen molar-refractivity contribution >= 4 is 50.7 Å². The first-order valence-corrected chi connectivity index (χ1v) is 13.4. The summed E-state index contributed by atoms with van der Waals surface area (Å²) in [5.74, 6) is -0.00640. The van der Waals surface area contributed by atoms with Crippen LogP contribution in [0.1, 0.15) is 37.4 Å². The summed E-state index contributed by atoms with van der Waals surface area (Å²) in [6.45, 7) is 7.22. The summed E-state index contributed by atoms with van der Waals surface area (Å²) in [5.41, 5.74) is 6.67. The number of hydrogen-bond donors (Lipinski definition) is 3. The van der Waals surface area contributed by atoms with Gasteiger partial charge in [-0.1, -0.05) is 32.9 Å². The summed E-state index contributed by atoms with van der Waals surface area (Å²) in [6, 6.07) is 19.3. The Morgan fingerprint density at radius 3 is 2.56 bits per heavy atom. The van der Waals surface area contributed by atoms with E-state index in [1.807, 2.05) is 81.4 Å². The lowest BCUT2D eigenvalue weighted by Crippen LogP contribution is -2.27. The topological polar surface area (TPSA) is 116 Å². The van der Waals surface area contributed by atoms with Gasteiger partial charge in [0.2, 0.25) is 5.91 Å². The molecule has 0 spiro atoms. The summed E-state index contributed by atoms with van der Waals surface area (Å²) in [7, 11) is 0. The van der Waals surface area contributed by atoms with Crippen molar-refractivity contribution in [3.63, 3.8) is 0 Å². The number of pyridine rings is 2. The number of aromatic amines is 2. The number of aromatic nitrogens is 5. The van der Waals surface area contributed by atoms with E-state index in [0.29, 0.717) is 10.6 Å². The second-order valence-corrected chi connectivity index (χ2v) is 11.6. The standard InChI is InChI=1S/C30H26N6O2S/c1-16(37)24-10-11-25(39-24)26-19-15-23(33-21(19)12-13-31-26)28-27-22(35-36-28)9-8-20(34-27)17-6-5-7-18(14-17)32-29(38)30(2,3)4/h5-15,33H,1-4H3,(H,32,38)(H,35,36). The van der Waals surface area contributed by atoms with Crippen LogP contribution in [0.15, 0.2) is 66.9 Å². The number of thiophene rings is 1. The SMILES string of the molecule is CC(=O)c1ccc(-c2nccc3[nH]c(-c4n[nH]c5ccc(-c6cccc(NC(=O)C(C)(C)C)c6)nc45)cc23)s1. The van der Waals surface area contributed by atoms with E-state index in [-0.39, 0.29) is 11.7 Å². The van der Waals surface area contributed by atoms with Gasteiger partial charge >= 0.3 is 0 Å². The Labute approximate surface area is 228 Å². The van der Waals surface area contributed by atoms with Crippen LogP contribution in [-0.2, 0) is 4.79 Å². The quantitative estimate of drug-likeness (QED) is 0.204. The van der Waals surface area contributed by atoms with Crippen molar-refractivity contribution in [1.29, 1.82) is 0 Å². The lowest BCUT2D eigenvalue weighted by Gasteiger charge is -2.18. The molecule has 0 saturated heterocycles. The number of fused-ring (bicyclic) bond motifs is 2. The van der Waals surface area contributed by atoms with Gasteiger partial charge < -0.3 is 10.3 Å². The molecule has 6 rings (SSSR count). The highest BCUT2D eigenvalue weighted by Gasteiger charge is 2.21. The van der Waals surface area contributed by atoms with Crippen LogP contribution in [0.4, 0.5) is 5.69 Å². The number of rotatable bonds is 5. The molecule has 6 aromatic rings. The smallest absolute Gasteiger partial charge is 0.229 e. The lowest BCUT2D eigenvalue weighted by molar-refractivity contribution is -0.123. The van der Waals surface area contributed by atoms with Crippen LogP contribution in [0.25, 0.3) is 55.2 Å². The van der Waals surface area contributed by atoms with Gasteiger partial charge in [-0.05, 0) is 55.5 Å². The van der Waals surface area contributed by atoms with Gasteiger partial charge in [0, 0.05) is 33.8 Å². The van der Waals surface area contributed by atoms with E-state index >= 15 is 0 Å². The molecule has 39 heavy (non-hydrogen) atoms. The van der Waals surface area contributed by atoms with Crippen LogP contribution >= 0.6 is 11.3 Å². The Bertz CT molecular complexity index is 1890. The molecule has 0 fully saturated rings. The molecule has 0 unspecified atom stereocenters. The van der Waals surface area contributed by atoms with E-state index in [2.05, 4.69) is 25.5 Å². The van der Waals surface area contributed by atoms with E-state index < -0.39 is 5.41 Å². The second kappa shape index (κ2) is 9.28. The minimum atomic E-state index is -0.493. The van der Waals surface area contributed by atoms with Crippen LogP contribution in [0.5, 0.6) is 0 Å². The number of anilines is 1. The molecule has 0 bridgehead atoms. The predicted octanol–water partition coefficient (Wildman–Crippen LogP) is 7.08. The molecule has 0 aliphatic rings. The van der Waals surface area contributed by atoms with Gasteiger partial charge in [0.15, 0.2) is 5.78 Å². The highest BCUT2D eigenvalue weighted by molar-refractivity contribution is 7.17. The molecule has 0 aliphatic heterocycles. The van der Waals surface area contributed by atoms with E-state index in [4.69, 9.17) is 4.98 Å². The first-order valence-electron chi connectivity index (χ1n) is 12.5. The van der Waals surface area contributed by atoms with Crippen LogP contribution in [0.3, 0.4) is 0 Å². The Hall–Kier alpha value is -4.63. The van der Waals surface area contributed by atoms with Gasteiger partial charge in [0.1, 0.15) is 11.2 Å². The minimum absolute atomic E-state index is 0.0418. The summed E-state index contributed by atoms with van der Waals surface area (Å²) in [4.78, 5) is 39.0. The molecular weight excluding hydrogens is 508 g/mol. The summed E-state index contributed by atoms with van der Waals surface area (Å²) in [6.07, 6.45) is 1.76. The number of carbonyl (C=O) groups is 2. The lowest BCUT2D eigenvalue weighted by atomic mass is 9.95. The third-order valence-electron chi connectivity index (χ3n) is 6.49. The molecule has 5 heterocycles. The first kappa shape index (κ1) is 24.7. The Kier molecular flexibility index (Phi) is 5.88. The van der Waals surface area contributed by atoms with Crippen LogP contribution in [0.2, 0.25) is 0 Å². The molecular formula is C30H26N6O2S. The largest absolute Gasteiger partial charge is 0.353 e. The fraction of sp³-hybridized carbons (Fsp3) is 0.167. The van der Waals surface area contributed by atoms with E-state index in [1.165, 1.54) is 11.3 Å². The molecule has 8 nitrogen and oxygen atoms in total. The highest BCUT2D eigenvalue weighted by Crippen LogP contribution is 2.36. The molecule has 0 atom stereocenters. The molecule has 9 heteroatoms. The van der Waals surface area contributed by atoms with Gasteiger partial charge in [-0.2, -0.15) is 5.10 Å². The maximum Gasteiger partial charge on any atom is 0.229 e. The van der Waals surface area contributed by atoms with Crippen LogP contribution in [0, 0.1) is 5.41 Å². The normalized spacial score (nSPS) is 11.8. The van der Waals surface area contributed by atoms with Gasteiger partial charge in [0.25, 0.3) is 0 Å². The van der Waals surface area contributed by atoms with Gasteiger partial charge in [0.05, 0.1) is 32.4 Å². The zero-order chi connectivity index (χ0) is 27.3. The average Bonchev–Trinajstić information content (AvgIpc) is 3.65. The Morgan fingerprint density at radius 1 is 0.949 bits per heavy atom. The number of nitrogens with zero attached hydrogens (tertiary/aromatic N) is 3. The maximum atomic E-state index is 12.5. The summed E-state index contributed by atoms with van der Waals surface area (Å²) >= 11 is 1.44. The minimum Gasteiger partial charge on any atom is -0.353 e. The van der Waals surface area contributed by atoms with Crippen molar-refractivity contribution in [2.24, 2.45) is 5.41 Å². The van der Waals surface area contributed by atoms with Gasteiger partial charge in [-0.3, -0.25) is 19.7 Å². The zero-order valence-corrected chi connectivity index (χ0v) is 22.7. The third-order valence-corrected chi connectivity index (χ3v) is 7.69. The zero-order valence-electron chi connectivity index (χ0n) is 21.9. The van der Waals surface area contributed by atoms with Crippen molar-refractivity contribution < 1.29 is 9.59 Å². The fourth-order valence-electron chi connectivity index (χ4n) is 4.35. The third kappa shape index (κ3) is 4.61. The van der Waals surface area contributed by atoms with Gasteiger partial charge in [-0.15, -0.1) is 11.3 Å². The fourth-order valence-corrected chi connectivity index (χ4v) is 5.27. The van der Waals surface area contributed by atoms with Crippen molar-refractivity contribution in [2.45, 2.75) is 27.7 Å². The average molecular weight is 535 g/mol. The predicted molar refractivity (Wildman–Crippen MR) is 156 cm³/mol. The van der Waals surface area contributed by atoms with E-state index in [1.54, 1.807) is 13.1 Å². The number of nitrogens with one attached hydrogen (secondary N) is 3. The molecule has 5 aromatic heterocycles. The highest BCUT2D eigenvalue weighted by atomic mass is 32.1. The number of amides is 1. The number of benzene rings is 1. The maximum absolute atomic E-state index is 12.5. The number of ketones is 1. The van der Waals surface area contributed by atoms with Gasteiger partial charge in [-0.25, -0.2) is 4.98 Å². The molecule has 0 radical (unpaired) electrons. The van der Waals surface area contributed by atoms with Crippen molar-refractivity contribution in [3.05, 3.63) is 71.7 Å². The number of hydrogen-bond acceptors (Lipinski definition) is 6. The summed E-state index contributed by atoms with van der Waals surface area (Å²) in [5, 5.41) is 11.6. The Balaban J connectivity index is 1.39. The monoisotopic (exact) mass is 534 g/mol. The molecule has 194 valence electrons. The van der Waals surface area contributed by atoms with Crippen molar-refractivity contribution in [3.8, 4) is 33.2 Å². The first-order chi connectivity index (χ1) is 18.7. The van der Waals surface area contributed by atoms with E-state index in [0.717, 1.165) is 55.1 Å². The molecule has 1 amide bonds. The second-order valence-electron chi connectivity index (χ2n) is 10.5. The molecule has 1 aromatic carbocycles. The summed E-state index contributed by atoms with van der Waals surface area (Å²) < 4.78 is 0. The Morgan fingerprint density at radius 2 is 1.79 bits per heavy atom. The number of carbonyl (C=O) groups excluding carboxylic acids is 2. The van der Waals surface area contributed by atoms with Crippen LogP contribution in [-0.4, -0.2) is 36.8 Å².